The SMILES string of the molecule is CC(=N)c1c(N)nc(-c2cnc(NSc3cc(Cl)ccc3F)nc2)nc1OC1CCN(C(C)C)CC1. The van der Waals surface area contributed by atoms with Crippen LogP contribution in [0.5, 0.6) is 5.88 Å². The van der Waals surface area contributed by atoms with Crippen molar-refractivity contribution in [3.05, 3.63) is 47.0 Å². The van der Waals surface area contributed by atoms with E-state index in [9.17, 15) is 4.39 Å². The molecule has 190 valence electrons. The minimum Gasteiger partial charge on any atom is -0.474 e. The van der Waals surface area contributed by atoms with Gasteiger partial charge in [0.05, 0.1) is 16.0 Å². The highest BCUT2D eigenvalue weighted by Crippen LogP contribution is 2.29. The van der Waals surface area contributed by atoms with Gasteiger partial charge < -0.3 is 20.8 Å². The number of nitrogen functional groups attached to an aromatic ring is 1. The molecular formula is C24H28ClFN8OS. The molecule has 0 radical (unpaired) electrons. The van der Waals surface area contributed by atoms with Gasteiger partial charge in [-0.2, -0.15) is 4.98 Å². The molecule has 0 unspecified atom stereocenters. The summed E-state index contributed by atoms with van der Waals surface area (Å²) in [5, 5.41) is 8.58. The Morgan fingerprint density at radius 3 is 2.58 bits per heavy atom. The number of nitrogens with one attached hydrogen (secondary N) is 2. The molecule has 0 amide bonds. The maximum atomic E-state index is 13.9. The summed E-state index contributed by atoms with van der Waals surface area (Å²) in [6.45, 7) is 7.88. The van der Waals surface area contributed by atoms with Crippen molar-refractivity contribution in [1.82, 2.24) is 24.8 Å². The lowest BCUT2D eigenvalue weighted by molar-refractivity contribution is 0.0812. The number of nitrogens with two attached hydrogens (primary N) is 1. The van der Waals surface area contributed by atoms with Crippen LogP contribution in [0.1, 0.15) is 39.2 Å². The Kier molecular flexibility index (Phi) is 8.22. The van der Waals surface area contributed by atoms with Gasteiger partial charge in [0, 0.05) is 42.3 Å². The number of benzene rings is 1. The summed E-state index contributed by atoms with van der Waals surface area (Å²) in [4.78, 5) is 20.2. The topological polar surface area (TPSA) is 126 Å². The maximum absolute atomic E-state index is 13.9. The molecule has 0 saturated carbocycles. The van der Waals surface area contributed by atoms with Crippen LogP contribution in [0, 0.1) is 11.2 Å². The number of halogens is 2. The molecule has 9 nitrogen and oxygen atoms in total. The zero-order chi connectivity index (χ0) is 25.8. The molecule has 0 bridgehead atoms. The number of anilines is 2. The number of ether oxygens (including phenoxy) is 1. The van der Waals surface area contributed by atoms with Crippen LogP contribution in [0.15, 0.2) is 35.5 Å². The van der Waals surface area contributed by atoms with Gasteiger partial charge in [0.2, 0.25) is 11.8 Å². The third-order valence-electron chi connectivity index (χ3n) is 5.82. The summed E-state index contributed by atoms with van der Waals surface area (Å²) >= 11 is 6.95. The number of aromatic nitrogens is 4. The van der Waals surface area contributed by atoms with Crippen molar-refractivity contribution in [2.24, 2.45) is 0 Å². The first-order chi connectivity index (χ1) is 17.2. The summed E-state index contributed by atoms with van der Waals surface area (Å²) in [5.41, 5.74) is 7.36. The second kappa shape index (κ2) is 11.4. The average Bonchev–Trinajstić information content (AvgIpc) is 2.84. The Labute approximate surface area is 218 Å². The third-order valence-corrected chi connectivity index (χ3v) is 6.87. The van der Waals surface area contributed by atoms with E-state index in [1.165, 1.54) is 18.2 Å². The number of nitrogens with zero attached hydrogens (tertiary/aromatic N) is 5. The molecule has 3 aromatic rings. The monoisotopic (exact) mass is 530 g/mol. The van der Waals surface area contributed by atoms with Crippen LogP contribution in [0.25, 0.3) is 11.4 Å². The number of likely N-dealkylation sites (tertiary alicyclic amines) is 1. The smallest absolute Gasteiger partial charge is 0.233 e. The molecule has 0 spiro atoms. The zero-order valence-corrected chi connectivity index (χ0v) is 21.8. The van der Waals surface area contributed by atoms with Crippen LogP contribution in [-0.4, -0.2) is 55.8 Å². The fourth-order valence-electron chi connectivity index (χ4n) is 3.84. The first-order valence-corrected chi connectivity index (χ1v) is 12.7. The molecule has 36 heavy (non-hydrogen) atoms. The second-order valence-electron chi connectivity index (χ2n) is 8.76. The van der Waals surface area contributed by atoms with Gasteiger partial charge >= 0.3 is 0 Å². The Morgan fingerprint density at radius 1 is 1.25 bits per heavy atom. The van der Waals surface area contributed by atoms with E-state index in [1.54, 1.807) is 19.3 Å². The van der Waals surface area contributed by atoms with E-state index in [-0.39, 0.29) is 23.6 Å². The Morgan fingerprint density at radius 2 is 1.94 bits per heavy atom. The van der Waals surface area contributed by atoms with Crippen molar-refractivity contribution in [2.45, 2.75) is 50.7 Å². The predicted octanol–water partition coefficient (Wildman–Crippen LogP) is 5.07. The van der Waals surface area contributed by atoms with Gasteiger partial charge in [0.15, 0.2) is 5.82 Å². The first-order valence-electron chi connectivity index (χ1n) is 11.5. The highest BCUT2D eigenvalue weighted by Gasteiger charge is 2.25. The number of rotatable bonds is 8. The summed E-state index contributed by atoms with van der Waals surface area (Å²) < 4.78 is 23.1. The minimum absolute atomic E-state index is 0.0213. The largest absolute Gasteiger partial charge is 0.474 e. The molecule has 12 heteroatoms. The van der Waals surface area contributed by atoms with E-state index >= 15 is 0 Å². The van der Waals surface area contributed by atoms with Gasteiger partial charge in [0.1, 0.15) is 17.7 Å². The van der Waals surface area contributed by atoms with Crippen molar-refractivity contribution >= 4 is 41.0 Å². The number of piperidine rings is 1. The molecule has 1 aromatic carbocycles. The van der Waals surface area contributed by atoms with Gasteiger partial charge in [-0.1, -0.05) is 11.6 Å². The molecule has 3 heterocycles. The quantitative estimate of drug-likeness (QED) is 0.270. The zero-order valence-electron chi connectivity index (χ0n) is 20.3. The van der Waals surface area contributed by atoms with Crippen LogP contribution in [0.4, 0.5) is 16.2 Å². The highest BCUT2D eigenvalue weighted by molar-refractivity contribution is 8.00. The van der Waals surface area contributed by atoms with Gasteiger partial charge in [0.25, 0.3) is 0 Å². The van der Waals surface area contributed by atoms with Crippen LogP contribution in [0.2, 0.25) is 5.02 Å². The molecule has 0 aliphatic carbocycles. The van der Waals surface area contributed by atoms with Crippen molar-refractivity contribution in [2.75, 3.05) is 23.5 Å². The van der Waals surface area contributed by atoms with Gasteiger partial charge in [-0.25, -0.2) is 19.3 Å². The van der Waals surface area contributed by atoms with E-state index < -0.39 is 5.82 Å². The summed E-state index contributed by atoms with van der Waals surface area (Å²) in [6, 6.07) is 4.79. The second-order valence-corrected chi connectivity index (χ2v) is 10.0. The lowest BCUT2D eigenvalue weighted by Gasteiger charge is -2.34. The molecule has 4 rings (SSSR count). The first kappa shape index (κ1) is 26.1. The van der Waals surface area contributed by atoms with E-state index in [4.69, 9.17) is 27.5 Å². The number of hydrogen-bond acceptors (Lipinski definition) is 10. The third kappa shape index (κ3) is 6.21. The van der Waals surface area contributed by atoms with Crippen LogP contribution in [0.3, 0.4) is 0 Å². The lowest BCUT2D eigenvalue weighted by atomic mass is 10.1. The normalized spacial score (nSPS) is 14.7. The minimum atomic E-state index is -0.401. The van der Waals surface area contributed by atoms with E-state index in [0.29, 0.717) is 38.8 Å². The van der Waals surface area contributed by atoms with Crippen LogP contribution in [-0.2, 0) is 0 Å². The lowest BCUT2D eigenvalue weighted by Crippen LogP contribution is -2.42. The Hall–Kier alpha value is -3.02. The highest BCUT2D eigenvalue weighted by atomic mass is 35.5. The molecular weight excluding hydrogens is 503 g/mol. The predicted molar refractivity (Wildman–Crippen MR) is 141 cm³/mol. The van der Waals surface area contributed by atoms with Gasteiger partial charge in [-0.3, -0.25) is 4.72 Å². The summed E-state index contributed by atoms with van der Waals surface area (Å²) in [5.74, 6) is 0.628. The standard InChI is InChI=1S/C24H28ClFN8OS/c1-13(2)34-8-6-17(7-9-34)35-23-20(14(3)27)21(28)31-22(32-23)15-11-29-24(30-12-15)33-36-19-10-16(25)4-5-18(19)26/h4-5,10-13,17,27H,6-9H2,1-3H3,(H2,28,31,32)(H,29,30,33). The Balaban J connectivity index is 1.51. The Bertz CT molecular complexity index is 1240. The molecule has 2 aromatic heterocycles. The van der Waals surface area contributed by atoms with E-state index in [1.807, 2.05) is 0 Å². The fraction of sp³-hybridized carbons (Fsp3) is 0.375. The summed E-state index contributed by atoms with van der Waals surface area (Å²) in [7, 11) is 0. The van der Waals surface area contributed by atoms with E-state index in [2.05, 4.69) is 43.4 Å². The molecule has 1 saturated heterocycles. The molecule has 4 N–H and O–H groups in total. The van der Waals surface area contributed by atoms with Crippen molar-refractivity contribution in [3.63, 3.8) is 0 Å². The fourth-order valence-corrected chi connectivity index (χ4v) is 4.74. The number of hydrogen-bond donors (Lipinski definition) is 3. The van der Waals surface area contributed by atoms with Gasteiger partial charge in [-0.15, -0.1) is 0 Å². The molecule has 0 atom stereocenters. The maximum Gasteiger partial charge on any atom is 0.233 e. The van der Waals surface area contributed by atoms with Crippen molar-refractivity contribution in [3.8, 4) is 17.3 Å². The van der Waals surface area contributed by atoms with Crippen LogP contribution < -0.4 is 15.2 Å². The van der Waals surface area contributed by atoms with Crippen LogP contribution >= 0.6 is 23.5 Å². The van der Waals surface area contributed by atoms with Crippen molar-refractivity contribution in [1.29, 1.82) is 5.41 Å². The van der Waals surface area contributed by atoms with E-state index in [0.717, 1.165) is 37.9 Å². The van der Waals surface area contributed by atoms with Gasteiger partial charge in [-0.05, 0) is 63.8 Å². The molecule has 1 fully saturated rings. The summed E-state index contributed by atoms with van der Waals surface area (Å²) in [6.07, 6.45) is 4.79. The molecule has 1 aliphatic rings. The average molecular weight is 531 g/mol. The molecule has 1 aliphatic heterocycles. The van der Waals surface area contributed by atoms with Crippen molar-refractivity contribution < 1.29 is 9.13 Å².